The third-order valence-electron chi connectivity index (χ3n) is 3.79. The molecule has 1 aliphatic rings. The van der Waals surface area contributed by atoms with Crippen LogP contribution in [0.15, 0.2) is 15.5 Å². The Kier molecular flexibility index (Phi) is 4.84. The minimum atomic E-state index is -0.200. The van der Waals surface area contributed by atoms with Crippen LogP contribution in [0.1, 0.15) is 19.8 Å². The van der Waals surface area contributed by atoms with E-state index in [9.17, 15) is 4.79 Å². The summed E-state index contributed by atoms with van der Waals surface area (Å²) in [5.74, 6) is 2.42. The second kappa shape index (κ2) is 6.42. The fraction of sp³-hybridized carbons (Fsp3) is 0.571. The summed E-state index contributed by atoms with van der Waals surface area (Å²) in [4.78, 5) is 14.4. The van der Waals surface area contributed by atoms with E-state index in [0.717, 1.165) is 25.1 Å². The van der Waals surface area contributed by atoms with Gasteiger partial charge in [-0.2, -0.15) is 5.10 Å². The molecular formula is C14H19BrN4O. The van der Waals surface area contributed by atoms with Crippen LogP contribution in [0.25, 0.3) is 0 Å². The molecule has 0 amide bonds. The Bertz CT molecular complexity index is 578. The van der Waals surface area contributed by atoms with Gasteiger partial charge in [-0.3, -0.25) is 4.79 Å². The van der Waals surface area contributed by atoms with E-state index >= 15 is 0 Å². The zero-order valence-corrected chi connectivity index (χ0v) is 13.4. The van der Waals surface area contributed by atoms with Crippen LogP contribution >= 0.6 is 15.9 Å². The number of aromatic nitrogens is 2. The highest BCUT2D eigenvalue weighted by atomic mass is 79.9. The maximum atomic E-state index is 12.0. The molecule has 0 radical (unpaired) electrons. The quantitative estimate of drug-likeness (QED) is 0.849. The fourth-order valence-corrected chi connectivity index (χ4v) is 2.83. The van der Waals surface area contributed by atoms with Gasteiger partial charge in [0.1, 0.15) is 11.0 Å². The van der Waals surface area contributed by atoms with Gasteiger partial charge in [0.05, 0.1) is 11.9 Å². The number of hydrogen-bond acceptors (Lipinski definition) is 4. The molecule has 1 aromatic rings. The van der Waals surface area contributed by atoms with Gasteiger partial charge in [-0.1, -0.05) is 5.92 Å². The summed E-state index contributed by atoms with van der Waals surface area (Å²) in [5.41, 5.74) is 0.541. The minimum Gasteiger partial charge on any atom is -0.380 e. The van der Waals surface area contributed by atoms with Crippen LogP contribution < -0.4 is 10.9 Å². The van der Waals surface area contributed by atoms with Gasteiger partial charge in [0.25, 0.3) is 5.56 Å². The molecule has 1 N–H and O–H groups in total. The van der Waals surface area contributed by atoms with E-state index in [0.29, 0.717) is 16.6 Å². The number of hydrogen-bond donors (Lipinski definition) is 1. The Labute approximate surface area is 127 Å². The van der Waals surface area contributed by atoms with Crippen molar-refractivity contribution in [3.05, 3.63) is 21.0 Å². The van der Waals surface area contributed by atoms with Crippen LogP contribution in [0.2, 0.25) is 0 Å². The first-order valence-electron chi connectivity index (χ1n) is 6.68. The number of nitrogens with zero attached hydrogens (tertiary/aromatic N) is 3. The van der Waals surface area contributed by atoms with Crippen LogP contribution in [-0.4, -0.2) is 40.4 Å². The molecule has 1 aromatic heterocycles. The summed E-state index contributed by atoms with van der Waals surface area (Å²) in [6.07, 6.45) is 8.98. The van der Waals surface area contributed by atoms with Crippen molar-refractivity contribution in [3.63, 3.8) is 0 Å². The zero-order valence-electron chi connectivity index (χ0n) is 11.8. The summed E-state index contributed by atoms with van der Waals surface area (Å²) in [6.45, 7) is 3.45. The summed E-state index contributed by atoms with van der Waals surface area (Å²) < 4.78 is 1.77. The number of piperidine rings is 1. The van der Waals surface area contributed by atoms with Crippen molar-refractivity contribution in [2.24, 2.45) is 0 Å². The Morgan fingerprint density at radius 2 is 2.40 bits per heavy atom. The lowest BCUT2D eigenvalue weighted by atomic mass is 9.99. The van der Waals surface area contributed by atoms with Crippen molar-refractivity contribution in [3.8, 4) is 12.3 Å². The number of likely N-dealkylation sites (tertiary alicyclic amines) is 1. The molecule has 2 heterocycles. The second-order valence-electron chi connectivity index (χ2n) is 5.23. The molecule has 0 aromatic carbocycles. The van der Waals surface area contributed by atoms with E-state index in [4.69, 9.17) is 6.42 Å². The van der Waals surface area contributed by atoms with E-state index < -0.39 is 0 Å². The first kappa shape index (κ1) is 15.1. The third kappa shape index (κ3) is 3.22. The monoisotopic (exact) mass is 338 g/mol. The molecule has 20 heavy (non-hydrogen) atoms. The maximum absolute atomic E-state index is 12.0. The standard InChI is InChI=1S/C14H19BrN4O/c1-4-6-19-14(20)13(15)12(9-16-19)17-11-5-7-18(3)10(2)8-11/h1,9-11,17H,5-8H2,2-3H3. The van der Waals surface area contributed by atoms with Crippen LogP contribution in [0, 0.1) is 12.3 Å². The third-order valence-corrected chi connectivity index (χ3v) is 4.56. The summed E-state index contributed by atoms with van der Waals surface area (Å²) in [7, 11) is 2.14. The van der Waals surface area contributed by atoms with E-state index in [1.807, 2.05) is 0 Å². The molecule has 2 unspecified atom stereocenters. The van der Waals surface area contributed by atoms with Crippen LogP contribution in [0.3, 0.4) is 0 Å². The Morgan fingerprint density at radius 3 is 3.05 bits per heavy atom. The van der Waals surface area contributed by atoms with Crippen molar-refractivity contribution in [1.82, 2.24) is 14.7 Å². The van der Waals surface area contributed by atoms with Gasteiger partial charge < -0.3 is 10.2 Å². The van der Waals surface area contributed by atoms with Gasteiger partial charge in [0.15, 0.2) is 0 Å². The highest BCUT2D eigenvalue weighted by Gasteiger charge is 2.23. The van der Waals surface area contributed by atoms with Gasteiger partial charge in [-0.05, 0) is 42.7 Å². The molecule has 1 aliphatic heterocycles. The molecule has 2 rings (SSSR count). The molecule has 5 nitrogen and oxygen atoms in total. The van der Waals surface area contributed by atoms with Gasteiger partial charge in [-0.25, -0.2) is 4.68 Å². The largest absolute Gasteiger partial charge is 0.380 e. The highest BCUT2D eigenvalue weighted by molar-refractivity contribution is 9.10. The molecule has 1 saturated heterocycles. The number of halogens is 1. The van der Waals surface area contributed by atoms with Crippen LogP contribution in [-0.2, 0) is 6.54 Å². The predicted molar refractivity (Wildman–Crippen MR) is 83.8 cm³/mol. The van der Waals surface area contributed by atoms with Gasteiger partial charge in [0.2, 0.25) is 0 Å². The molecule has 0 bridgehead atoms. The number of anilines is 1. The highest BCUT2D eigenvalue weighted by Crippen LogP contribution is 2.23. The topological polar surface area (TPSA) is 50.2 Å². The number of terminal acetylenes is 1. The van der Waals surface area contributed by atoms with E-state index in [2.05, 4.69) is 51.1 Å². The van der Waals surface area contributed by atoms with Crippen molar-refractivity contribution in [1.29, 1.82) is 0 Å². The summed E-state index contributed by atoms with van der Waals surface area (Å²) in [6, 6.07) is 0.900. The normalized spacial score (nSPS) is 23.3. The molecule has 2 atom stereocenters. The van der Waals surface area contributed by atoms with Crippen molar-refractivity contribution >= 4 is 21.6 Å². The smallest absolute Gasteiger partial charge is 0.284 e. The first-order chi connectivity index (χ1) is 9.52. The molecule has 1 fully saturated rings. The number of nitrogens with one attached hydrogen (secondary N) is 1. The van der Waals surface area contributed by atoms with Gasteiger partial charge in [0, 0.05) is 18.6 Å². The van der Waals surface area contributed by atoms with Gasteiger partial charge >= 0.3 is 0 Å². The summed E-state index contributed by atoms with van der Waals surface area (Å²) >= 11 is 3.34. The molecule has 108 valence electrons. The SMILES string of the molecule is C#CCn1ncc(NC2CCN(C)C(C)C2)c(Br)c1=O. The second-order valence-corrected chi connectivity index (χ2v) is 6.03. The van der Waals surface area contributed by atoms with Gasteiger partial charge in [-0.15, -0.1) is 6.42 Å². The van der Waals surface area contributed by atoms with Crippen molar-refractivity contribution < 1.29 is 0 Å². The Hall–Kier alpha value is -1.32. The minimum absolute atomic E-state index is 0.184. The first-order valence-corrected chi connectivity index (χ1v) is 7.48. The van der Waals surface area contributed by atoms with E-state index in [1.165, 1.54) is 4.68 Å². The lowest BCUT2D eigenvalue weighted by Gasteiger charge is -2.35. The average Bonchev–Trinajstić information content (AvgIpc) is 2.42. The lowest BCUT2D eigenvalue weighted by molar-refractivity contribution is 0.190. The van der Waals surface area contributed by atoms with Crippen LogP contribution in [0.4, 0.5) is 5.69 Å². The van der Waals surface area contributed by atoms with E-state index in [1.54, 1.807) is 6.20 Å². The molecule has 0 aliphatic carbocycles. The van der Waals surface area contributed by atoms with E-state index in [-0.39, 0.29) is 12.1 Å². The zero-order chi connectivity index (χ0) is 14.7. The van der Waals surface area contributed by atoms with Crippen molar-refractivity contribution in [2.45, 2.75) is 38.4 Å². The van der Waals surface area contributed by atoms with Crippen molar-refractivity contribution in [2.75, 3.05) is 18.9 Å². The lowest BCUT2D eigenvalue weighted by Crippen LogP contribution is -2.42. The Balaban J connectivity index is 2.13. The maximum Gasteiger partial charge on any atom is 0.284 e. The average molecular weight is 339 g/mol. The van der Waals surface area contributed by atoms with Crippen LogP contribution in [0.5, 0.6) is 0 Å². The molecular weight excluding hydrogens is 320 g/mol. The summed E-state index contributed by atoms with van der Waals surface area (Å²) in [5, 5.41) is 7.50. The fourth-order valence-electron chi connectivity index (χ4n) is 2.41. The molecule has 0 saturated carbocycles. The number of rotatable bonds is 3. The molecule has 0 spiro atoms. The Morgan fingerprint density at radius 1 is 1.65 bits per heavy atom. The predicted octanol–water partition coefficient (Wildman–Crippen LogP) is 1.53. The molecule has 6 heteroatoms.